The Morgan fingerprint density at radius 1 is 1.00 bits per heavy atom. The fourth-order valence-corrected chi connectivity index (χ4v) is 1.71. The Morgan fingerprint density at radius 2 is 1.65 bits per heavy atom. The van der Waals surface area contributed by atoms with Gasteiger partial charge in [0, 0.05) is 18.8 Å². The van der Waals surface area contributed by atoms with Gasteiger partial charge in [0.1, 0.15) is 0 Å². The van der Waals surface area contributed by atoms with Crippen molar-refractivity contribution in [3.63, 3.8) is 0 Å². The Bertz CT molecular complexity index is 537. The summed E-state index contributed by atoms with van der Waals surface area (Å²) in [5.41, 5.74) is 0.294. The summed E-state index contributed by atoms with van der Waals surface area (Å²) in [7, 11) is 0. The van der Waals surface area contributed by atoms with Crippen LogP contribution in [0.1, 0.15) is 5.56 Å². The van der Waals surface area contributed by atoms with Crippen LogP contribution in [0, 0.1) is 0 Å². The minimum atomic E-state index is -5.05. The summed E-state index contributed by atoms with van der Waals surface area (Å²) in [5.74, 6) is -0.107. The van der Waals surface area contributed by atoms with Gasteiger partial charge in [0.15, 0.2) is 0 Å². The third-order valence-electron chi connectivity index (χ3n) is 2.67. The second kappa shape index (κ2) is 8.19. The van der Waals surface area contributed by atoms with E-state index >= 15 is 0 Å². The molecule has 1 aromatic heterocycles. The van der Waals surface area contributed by atoms with Gasteiger partial charge in [-0.2, -0.15) is 0 Å². The maximum absolute atomic E-state index is 12.8. The van der Waals surface area contributed by atoms with E-state index in [1.165, 1.54) is 18.2 Å². The Labute approximate surface area is 158 Å². The van der Waals surface area contributed by atoms with Gasteiger partial charge in [0.2, 0.25) is 0 Å². The SMILES string of the molecule is F[B-](F)(F)c1ccccc1OCCc1ccncc1.[K+]. The number of rotatable bonds is 5. The first-order chi connectivity index (χ1) is 9.07. The third kappa shape index (κ3) is 5.22. The summed E-state index contributed by atoms with van der Waals surface area (Å²) in [5, 5.41) is 0. The second-order valence-electron chi connectivity index (χ2n) is 4.07. The number of hydrogen-bond acceptors (Lipinski definition) is 2. The summed E-state index contributed by atoms with van der Waals surface area (Å²) < 4.78 is 43.6. The standard InChI is InChI=1S/C13H12BF3NO.K/c15-14(16,17)12-3-1-2-4-13(12)19-10-7-11-5-8-18-9-6-11;/h1-6,8-9H,7,10H2;/q-1;+1. The monoisotopic (exact) mass is 305 g/mol. The summed E-state index contributed by atoms with van der Waals surface area (Å²) >= 11 is 0. The summed E-state index contributed by atoms with van der Waals surface area (Å²) in [6.07, 6.45) is 3.83. The van der Waals surface area contributed by atoms with Crippen LogP contribution in [-0.4, -0.2) is 18.6 Å². The zero-order valence-corrected chi connectivity index (χ0v) is 14.2. The van der Waals surface area contributed by atoms with E-state index in [1.54, 1.807) is 12.4 Å². The molecule has 1 aromatic carbocycles. The van der Waals surface area contributed by atoms with Crippen molar-refractivity contribution in [1.29, 1.82) is 0 Å². The van der Waals surface area contributed by atoms with Crippen LogP contribution in [0.3, 0.4) is 0 Å². The number of aromatic nitrogens is 1. The van der Waals surface area contributed by atoms with Crippen molar-refractivity contribution >= 4 is 12.4 Å². The predicted molar refractivity (Wildman–Crippen MR) is 68.6 cm³/mol. The number of nitrogens with zero attached hydrogens (tertiary/aromatic N) is 1. The molecule has 0 aliphatic rings. The fraction of sp³-hybridized carbons (Fsp3) is 0.154. The van der Waals surface area contributed by atoms with Crippen LogP contribution in [0.5, 0.6) is 5.75 Å². The molecule has 0 aliphatic heterocycles. The number of benzene rings is 1. The Balaban J connectivity index is 0.00000200. The topological polar surface area (TPSA) is 22.1 Å². The van der Waals surface area contributed by atoms with Crippen LogP contribution in [0.4, 0.5) is 12.9 Å². The van der Waals surface area contributed by atoms with E-state index in [0.29, 0.717) is 6.42 Å². The smallest absolute Gasteiger partial charge is 0.496 e. The largest absolute Gasteiger partial charge is 1.00 e. The third-order valence-corrected chi connectivity index (χ3v) is 2.67. The number of para-hydroxylation sites is 1. The molecule has 7 heteroatoms. The molecule has 20 heavy (non-hydrogen) atoms. The van der Waals surface area contributed by atoms with Crippen LogP contribution in [0.2, 0.25) is 0 Å². The maximum atomic E-state index is 12.8. The van der Waals surface area contributed by atoms with Crippen LogP contribution in [0.15, 0.2) is 48.8 Å². The molecule has 0 bridgehead atoms. The molecule has 0 radical (unpaired) electrons. The molecule has 1 heterocycles. The summed E-state index contributed by atoms with van der Waals surface area (Å²) in [6.45, 7) is -4.84. The van der Waals surface area contributed by atoms with Crippen LogP contribution < -0.4 is 61.6 Å². The average Bonchev–Trinajstić information content (AvgIpc) is 2.39. The van der Waals surface area contributed by atoms with E-state index in [1.807, 2.05) is 12.1 Å². The molecule has 2 aromatic rings. The number of pyridine rings is 1. The molecule has 0 amide bonds. The van der Waals surface area contributed by atoms with Crippen molar-refractivity contribution in [3.8, 4) is 5.75 Å². The van der Waals surface area contributed by atoms with Gasteiger partial charge < -0.3 is 17.7 Å². The van der Waals surface area contributed by atoms with E-state index in [9.17, 15) is 12.9 Å². The molecule has 0 N–H and O–H groups in total. The number of hydrogen-bond donors (Lipinski definition) is 0. The Kier molecular flexibility index (Phi) is 7.25. The van der Waals surface area contributed by atoms with Crippen molar-refractivity contribution in [3.05, 3.63) is 54.4 Å². The number of ether oxygens (including phenoxy) is 1. The molecule has 0 unspecified atom stereocenters. The van der Waals surface area contributed by atoms with Gasteiger partial charge in [-0.3, -0.25) is 4.98 Å². The first-order valence-corrected chi connectivity index (χ1v) is 5.88. The van der Waals surface area contributed by atoms with Crippen LogP contribution in [-0.2, 0) is 6.42 Å². The minimum Gasteiger partial charge on any atom is -0.496 e. The van der Waals surface area contributed by atoms with Crippen molar-refractivity contribution in [2.24, 2.45) is 0 Å². The van der Waals surface area contributed by atoms with E-state index in [4.69, 9.17) is 4.74 Å². The Hall–Kier alpha value is -0.339. The van der Waals surface area contributed by atoms with E-state index in [-0.39, 0.29) is 63.7 Å². The van der Waals surface area contributed by atoms with Crippen LogP contribution in [0.25, 0.3) is 0 Å². The normalized spacial score (nSPS) is 10.8. The van der Waals surface area contributed by atoms with E-state index in [0.717, 1.165) is 11.6 Å². The molecule has 0 spiro atoms. The molecule has 2 rings (SSSR count). The van der Waals surface area contributed by atoms with Gasteiger partial charge in [0.05, 0.1) is 12.4 Å². The van der Waals surface area contributed by atoms with Gasteiger partial charge in [-0.25, -0.2) is 0 Å². The molecule has 0 saturated heterocycles. The zero-order valence-electron chi connectivity index (χ0n) is 11.1. The summed E-state index contributed by atoms with van der Waals surface area (Å²) in [6, 6.07) is 8.90. The average molecular weight is 305 g/mol. The zero-order chi connectivity index (χ0) is 13.7. The first-order valence-electron chi connectivity index (χ1n) is 5.88. The maximum Gasteiger partial charge on any atom is 1.00 e. The van der Waals surface area contributed by atoms with E-state index in [2.05, 4.69) is 4.98 Å². The van der Waals surface area contributed by atoms with Crippen LogP contribution >= 0.6 is 0 Å². The first kappa shape index (κ1) is 17.7. The molecule has 0 saturated carbocycles. The summed E-state index contributed by atoms with van der Waals surface area (Å²) in [4.78, 5) is 3.87. The van der Waals surface area contributed by atoms with Gasteiger partial charge in [0.25, 0.3) is 0 Å². The van der Waals surface area contributed by atoms with Crippen molar-refractivity contribution in [2.45, 2.75) is 6.42 Å². The van der Waals surface area contributed by atoms with Crippen molar-refractivity contribution in [2.75, 3.05) is 6.61 Å². The molecule has 0 atom stereocenters. The number of halogens is 3. The molecular weight excluding hydrogens is 293 g/mol. The minimum absolute atomic E-state index is 0. The van der Waals surface area contributed by atoms with Crippen molar-refractivity contribution < 1.29 is 69.1 Å². The molecule has 0 fully saturated rings. The molecule has 2 nitrogen and oxygen atoms in total. The van der Waals surface area contributed by atoms with Gasteiger partial charge >= 0.3 is 58.4 Å². The van der Waals surface area contributed by atoms with Gasteiger partial charge in [-0.05, 0) is 23.8 Å². The fourth-order valence-electron chi connectivity index (χ4n) is 1.71. The second-order valence-corrected chi connectivity index (χ2v) is 4.07. The van der Waals surface area contributed by atoms with E-state index < -0.39 is 12.4 Å². The van der Waals surface area contributed by atoms with Gasteiger partial charge in [-0.1, -0.05) is 23.7 Å². The van der Waals surface area contributed by atoms with Crippen molar-refractivity contribution in [1.82, 2.24) is 4.98 Å². The molecule has 0 aliphatic carbocycles. The quantitative estimate of drug-likeness (QED) is 0.712. The molecule has 100 valence electrons. The Morgan fingerprint density at radius 3 is 2.30 bits per heavy atom. The van der Waals surface area contributed by atoms with Gasteiger partial charge in [-0.15, -0.1) is 0 Å². The predicted octanol–water partition coefficient (Wildman–Crippen LogP) is -0.239. The molecular formula is C13H12BF3KNO.